The molecule has 4 rings (SSSR count). The average Bonchev–Trinajstić information content (AvgIpc) is 3.31. The van der Waals surface area contributed by atoms with Crippen molar-refractivity contribution in [1.29, 1.82) is 0 Å². The number of aromatic nitrogens is 3. The van der Waals surface area contributed by atoms with Crippen LogP contribution in [0.25, 0.3) is 11.3 Å². The summed E-state index contributed by atoms with van der Waals surface area (Å²) in [5, 5.41) is 10.5. The van der Waals surface area contributed by atoms with Crippen LogP contribution < -0.4 is 10.6 Å². The number of ether oxygens (including phenoxy) is 2. The summed E-state index contributed by atoms with van der Waals surface area (Å²) in [6.07, 6.45) is 6.97. The topological polar surface area (TPSA) is 107 Å². The van der Waals surface area contributed by atoms with Crippen LogP contribution in [0.5, 0.6) is 0 Å². The van der Waals surface area contributed by atoms with Crippen LogP contribution in [0.4, 0.5) is 10.5 Å². The minimum Gasteiger partial charge on any atom is -0.445 e. The predicted molar refractivity (Wildman–Crippen MR) is 154 cm³/mol. The Morgan fingerprint density at radius 1 is 1.21 bits per heavy atom. The molecule has 0 unspecified atom stereocenters. The molecule has 1 aliphatic rings. The molecule has 2 atom stereocenters. The van der Waals surface area contributed by atoms with Gasteiger partial charge in [-0.25, -0.2) is 9.48 Å². The highest BCUT2D eigenvalue weighted by Crippen LogP contribution is 2.31. The highest BCUT2D eigenvalue weighted by atomic mass is 28.3. The fourth-order valence-electron chi connectivity index (χ4n) is 4.11. The number of nitrogens with one attached hydrogen (secondary N) is 2. The van der Waals surface area contributed by atoms with E-state index in [9.17, 15) is 9.59 Å². The zero-order valence-electron chi connectivity index (χ0n) is 23.0. The quantitative estimate of drug-likeness (QED) is 0.211. The molecule has 3 aromatic rings. The van der Waals surface area contributed by atoms with E-state index in [1.165, 1.54) is 0 Å². The van der Waals surface area contributed by atoms with Crippen molar-refractivity contribution < 1.29 is 19.1 Å². The van der Waals surface area contributed by atoms with Crippen LogP contribution in [0.2, 0.25) is 25.7 Å². The van der Waals surface area contributed by atoms with Gasteiger partial charge in [0, 0.05) is 26.4 Å². The Morgan fingerprint density at radius 2 is 2.00 bits per heavy atom. The van der Waals surface area contributed by atoms with E-state index >= 15 is 0 Å². The Bertz CT molecular complexity index is 1300. The van der Waals surface area contributed by atoms with Crippen molar-refractivity contribution in [1.82, 2.24) is 20.1 Å². The predicted octanol–water partition coefficient (Wildman–Crippen LogP) is 5.76. The molecule has 10 heteroatoms. The van der Waals surface area contributed by atoms with Crippen LogP contribution in [0, 0.1) is 5.92 Å². The molecule has 1 aromatic carbocycles. The fourth-order valence-corrected chi connectivity index (χ4v) is 4.86. The minimum atomic E-state index is -1.23. The summed E-state index contributed by atoms with van der Waals surface area (Å²) in [6.45, 7) is 9.83. The Balaban J connectivity index is 1.59. The second kappa shape index (κ2) is 12.9. The Morgan fingerprint density at radius 3 is 2.77 bits per heavy atom. The number of nitrogens with zero attached hydrogens (tertiary/aromatic N) is 3. The number of pyridine rings is 1. The lowest BCUT2D eigenvalue weighted by Gasteiger charge is -2.20. The maximum Gasteiger partial charge on any atom is 0.408 e. The van der Waals surface area contributed by atoms with Crippen LogP contribution in [0.1, 0.15) is 30.6 Å². The van der Waals surface area contributed by atoms with Gasteiger partial charge in [0.15, 0.2) is 0 Å². The Kier molecular flexibility index (Phi) is 9.31. The third-order valence-electron chi connectivity index (χ3n) is 6.43. The average molecular weight is 548 g/mol. The lowest BCUT2D eigenvalue weighted by atomic mass is 10.0. The Labute approximate surface area is 230 Å². The van der Waals surface area contributed by atoms with Crippen molar-refractivity contribution >= 4 is 25.8 Å². The van der Waals surface area contributed by atoms with Crippen LogP contribution in [0.15, 0.2) is 67.0 Å². The molecule has 206 valence electrons. The zero-order chi connectivity index (χ0) is 27.8. The van der Waals surface area contributed by atoms with E-state index in [0.717, 1.165) is 22.9 Å². The number of rotatable bonds is 8. The number of alkyl carbamates (subject to hydrolysis) is 1. The van der Waals surface area contributed by atoms with Crippen molar-refractivity contribution in [3.63, 3.8) is 0 Å². The molecule has 2 aromatic heterocycles. The van der Waals surface area contributed by atoms with Gasteiger partial charge in [0.2, 0.25) is 5.91 Å². The highest BCUT2D eigenvalue weighted by Gasteiger charge is 2.22. The van der Waals surface area contributed by atoms with Gasteiger partial charge >= 0.3 is 6.09 Å². The Hall–Kier alpha value is -3.76. The van der Waals surface area contributed by atoms with Crippen molar-refractivity contribution in [3.8, 4) is 11.3 Å². The molecule has 2 amide bonds. The minimum absolute atomic E-state index is 0.145. The molecule has 39 heavy (non-hydrogen) atoms. The maximum absolute atomic E-state index is 12.9. The van der Waals surface area contributed by atoms with E-state index in [-0.39, 0.29) is 25.2 Å². The molecule has 2 N–H and O–H groups in total. The van der Waals surface area contributed by atoms with Crippen molar-refractivity contribution in [3.05, 3.63) is 78.3 Å². The SMILES string of the molecule is C[C@@H]1/C=C/C[C@H](NC(=O)OCc2ccccc2)c2cc(ccn2)-c2c(cnn2COCC[Si](C)(C)C)NC1=O. The number of benzene rings is 1. The van der Waals surface area contributed by atoms with Crippen molar-refractivity contribution in [2.24, 2.45) is 5.92 Å². The molecule has 9 nitrogen and oxygen atoms in total. The summed E-state index contributed by atoms with van der Waals surface area (Å²) in [4.78, 5) is 30.2. The standard InChI is InChI=1S/C29H37N5O4Si/c1-21-9-8-12-24(33-29(36)38-19-22-10-6-5-7-11-22)25-17-23(13-14-30-25)27-26(32-28(21)35)18-31-34(27)20-37-15-16-39(2,3)4/h5-11,13-14,17-18,21,24H,12,15-16,19-20H2,1-4H3,(H,32,35)(H,33,36)/b9-8+/t21-,24+/m1/s1. The van der Waals surface area contributed by atoms with E-state index in [0.29, 0.717) is 24.4 Å². The van der Waals surface area contributed by atoms with E-state index in [1.54, 1.807) is 17.1 Å². The molecule has 0 fully saturated rings. The molecular formula is C29H37N5O4Si. The zero-order valence-corrected chi connectivity index (χ0v) is 24.0. The number of hydrogen-bond acceptors (Lipinski definition) is 6. The molecule has 0 radical (unpaired) electrons. The van der Waals surface area contributed by atoms with Crippen molar-refractivity contribution in [2.75, 3.05) is 11.9 Å². The van der Waals surface area contributed by atoms with Gasteiger partial charge in [-0.1, -0.05) is 69.0 Å². The van der Waals surface area contributed by atoms with Gasteiger partial charge < -0.3 is 20.1 Å². The molecule has 0 aliphatic carbocycles. The van der Waals surface area contributed by atoms with E-state index in [1.807, 2.05) is 61.5 Å². The van der Waals surface area contributed by atoms with Gasteiger partial charge in [-0.2, -0.15) is 5.10 Å². The van der Waals surface area contributed by atoms with Gasteiger partial charge in [0.1, 0.15) is 13.3 Å². The lowest BCUT2D eigenvalue weighted by molar-refractivity contribution is -0.118. The molecular weight excluding hydrogens is 510 g/mol. The highest BCUT2D eigenvalue weighted by molar-refractivity contribution is 6.76. The largest absolute Gasteiger partial charge is 0.445 e. The number of fused-ring (bicyclic) bond motifs is 4. The van der Waals surface area contributed by atoms with E-state index < -0.39 is 20.2 Å². The molecule has 3 heterocycles. The summed E-state index contributed by atoms with van der Waals surface area (Å²) < 4.78 is 13.2. The lowest BCUT2D eigenvalue weighted by Crippen LogP contribution is -2.29. The third kappa shape index (κ3) is 8.11. The number of anilines is 1. The normalized spacial score (nSPS) is 18.2. The molecule has 0 saturated heterocycles. The third-order valence-corrected chi connectivity index (χ3v) is 8.14. The molecule has 1 aliphatic heterocycles. The van der Waals surface area contributed by atoms with Gasteiger partial charge in [-0.15, -0.1) is 0 Å². The van der Waals surface area contributed by atoms with Gasteiger partial charge in [0.25, 0.3) is 0 Å². The molecule has 0 saturated carbocycles. The van der Waals surface area contributed by atoms with Gasteiger partial charge in [-0.3, -0.25) is 9.78 Å². The summed E-state index contributed by atoms with van der Waals surface area (Å²) in [7, 11) is -1.23. The van der Waals surface area contributed by atoms with Crippen molar-refractivity contribution in [2.45, 2.75) is 58.4 Å². The maximum atomic E-state index is 12.9. The number of carbonyl (C=O) groups excluding carboxylic acids is 2. The monoisotopic (exact) mass is 547 g/mol. The van der Waals surface area contributed by atoms with Crippen LogP contribution in [-0.4, -0.2) is 41.4 Å². The van der Waals surface area contributed by atoms with Crippen LogP contribution >= 0.6 is 0 Å². The van der Waals surface area contributed by atoms with Gasteiger partial charge in [-0.05, 0) is 30.2 Å². The first kappa shape index (κ1) is 28.3. The van der Waals surface area contributed by atoms with E-state index in [2.05, 4.69) is 40.4 Å². The number of carbonyl (C=O) groups is 2. The van der Waals surface area contributed by atoms with E-state index in [4.69, 9.17) is 9.47 Å². The summed E-state index contributed by atoms with van der Waals surface area (Å²) in [5.41, 5.74) is 3.70. The second-order valence-corrected chi connectivity index (χ2v) is 16.5. The summed E-state index contributed by atoms with van der Waals surface area (Å²) in [5.74, 6) is -0.529. The fraction of sp³-hybridized carbons (Fsp3) is 0.379. The smallest absolute Gasteiger partial charge is 0.408 e. The first-order chi connectivity index (χ1) is 18.7. The second-order valence-electron chi connectivity index (χ2n) is 10.9. The van der Waals surface area contributed by atoms with Crippen LogP contribution in [-0.2, 0) is 27.6 Å². The summed E-state index contributed by atoms with van der Waals surface area (Å²) >= 11 is 0. The first-order valence-electron chi connectivity index (χ1n) is 13.2. The number of amides is 2. The van der Waals surface area contributed by atoms with Crippen LogP contribution in [0.3, 0.4) is 0 Å². The number of hydrogen-bond donors (Lipinski definition) is 2. The molecule has 0 spiro atoms. The van der Waals surface area contributed by atoms with Gasteiger partial charge in [0.05, 0.1) is 35.2 Å². The molecule has 2 bridgehead atoms. The first-order valence-corrected chi connectivity index (χ1v) is 16.9. The summed E-state index contributed by atoms with van der Waals surface area (Å²) in [6, 6.07) is 13.9.